The molecule has 0 aliphatic heterocycles. The third kappa shape index (κ3) is 5.87. The van der Waals surface area contributed by atoms with E-state index in [-0.39, 0.29) is 11.4 Å². The Morgan fingerprint density at radius 3 is 2.72 bits per heavy atom. The first-order chi connectivity index (χ1) is 8.40. The van der Waals surface area contributed by atoms with Gasteiger partial charge in [-0.15, -0.1) is 0 Å². The van der Waals surface area contributed by atoms with Gasteiger partial charge in [0, 0.05) is 24.5 Å². The zero-order chi connectivity index (χ0) is 13.6. The summed E-state index contributed by atoms with van der Waals surface area (Å²) in [4.78, 5) is 11.8. The van der Waals surface area contributed by atoms with Crippen LogP contribution in [0.2, 0.25) is 0 Å². The molecule has 102 valence electrons. The Morgan fingerprint density at radius 1 is 1.39 bits per heavy atom. The molecule has 0 bridgehead atoms. The van der Waals surface area contributed by atoms with Crippen LogP contribution in [0.15, 0.2) is 18.5 Å². The van der Waals surface area contributed by atoms with E-state index in [0.717, 1.165) is 19.5 Å². The van der Waals surface area contributed by atoms with E-state index in [1.54, 1.807) is 0 Å². The van der Waals surface area contributed by atoms with Gasteiger partial charge in [-0.3, -0.25) is 4.79 Å². The molecule has 2 N–H and O–H groups in total. The summed E-state index contributed by atoms with van der Waals surface area (Å²) in [7, 11) is 0. The summed E-state index contributed by atoms with van der Waals surface area (Å²) in [6.45, 7) is 10.4. The Bertz CT molecular complexity index is 377. The van der Waals surface area contributed by atoms with Crippen molar-refractivity contribution in [1.82, 2.24) is 15.2 Å². The van der Waals surface area contributed by atoms with E-state index >= 15 is 0 Å². The molecule has 1 aromatic heterocycles. The summed E-state index contributed by atoms with van der Waals surface area (Å²) < 4.78 is 1.92. The van der Waals surface area contributed by atoms with Crippen LogP contribution in [0, 0.1) is 0 Å². The quantitative estimate of drug-likeness (QED) is 0.759. The molecule has 1 aromatic rings. The van der Waals surface area contributed by atoms with Crippen LogP contribution in [0.3, 0.4) is 0 Å². The number of aromatic nitrogens is 1. The number of carbonyl (C=O) groups excluding carboxylic acids is 1. The second kappa shape index (κ2) is 6.59. The van der Waals surface area contributed by atoms with Crippen LogP contribution < -0.4 is 10.6 Å². The monoisotopic (exact) mass is 251 g/mol. The normalized spacial score (nSPS) is 11.6. The van der Waals surface area contributed by atoms with Gasteiger partial charge in [-0.2, -0.15) is 0 Å². The van der Waals surface area contributed by atoms with Crippen molar-refractivity contribution >= 4 is 5.91 Å². The number of carbonyl (C=O) groups is 1. The molecule has 0 fully saturated rings. The van der Waals surface area contributed by atoms with Crippen molar-refractivity contribution in [2.24, 2.45) is 0 Å². The maximum absolute atomic E-state index is 11.8. The fraction of sp³-hybridized carbons (Fsp3) is 0.643. The number of hydrogen-bond acceptors (Lipinski definition) is 2. The summed E-state index contributed by atoms with van der Waals surface area (Å²) >= 11 is 0. The molecule has 0 aromatic carbocycles. The molecule has 1 rings (SSSR count). The molecule has 1 amide bonds. The van der Waals surface area contributed by atoms with Crippen LogP contribution >= 0.6 is 0 Å². The topological polar surface area (TPSA) is 46.1 Å². The highest BCUT2D eigenvalue weighted by molar-refractivity contribution is 5.76. The largest absolute Gasteiger partial charge is 0.350 e. The summed E-state index contributed by atoms with van der Waals surface area (Å²) in [6, 6.07) is 2.05. The lowest BCUT2D eigenvalue weighted by molar-refractivity contribution is -0.123. The fourth-order valence-electron chi connectivity index (χ4n) is 1.73. The molecule has 0 spiro atoms. The van der Waals surface area contributed by atoms with Gasteiger partial charge in [-0.1, -0.05) is 6.92 Å². The number of rotatable bonds is 6. The summed E-state index contributed by atoms with van der Waals surface area (Å²) in [6.07, 6.45) is 5.10. The van der Waals surface area contributed by atoms with Gasteiger partial charge >= 0.3 is 0 Å². The van der Waals surface area contributed by atoms with E-state index < -0.39 is 0 Å². The van der Waals surface area contributed by atoms with Gasteiger partial charge in [0.15, 0.2) is 0 Å². The van der Waals surface area contributed by atoms with Crippen molar-refractivity contribution in [3.8, 4) is 0 Å². The zero-order valence-corrected chi connectivity index (χ0v) is 11.9. The number of hydrogen-bond donors (Lipinski definition) is 2. The molecule has 0 unspecified atom stereocenters. The van der Waals surface area contributed by atoms with Crippen LogP contribution in [0.4, 0.5) is 0 Å². The summed E-state index contributed by atoms with van der Waals surface area (Å²) in [5.41, 5.74) is 1.04. The van der Waals surface area contributed by atoms with Gasteiger partial charge < -0.3 is 15.2 Å². The Morgan fingerprint density at radius 2 is 2.11 bits per heavy atom. The molecule has 0 aliphatic carbocycles. The number of nitrogens with one attached hydrogen (secondary N) is 2. The lowest BCUT2D eigenvalue weighted by Crippen LogP contribution is -2.42. The van der Waals surface area contributed by atoms with Crippen LogP contribution in [0.1, 0.15) is 39.7 Å². The maximum atomic E-state index is 11.8. The number of nitrogens with zero attached hydrogens (tertiary/aromatic N) is 1. The predicted octanol–water partition coefficient (Wildman–Crippen LogP) is 1.90. The van der Waals surface area contributed by atoms with E-state index in [0.29, 0.717) is 6.54 Å². The first-order valence-electron chi connectivity index (χ1n) is 6.57. The van der Waals surface area contributed by atoms with Crippen LogP contribution in [0.5, 0.6) is 0 Å². The lowest BCUT2D eigenvalue weighted by Gasteiger charge is -2.20. The minimum Gasteiger partial charge on any atom is -0.350 e. The van der Waals surface area contributed by atoms with Crippen molar-refractivity contribution in [2.75, 3.05) is 6.54 Å². The molecule has 0 atom stereocenters. The van der Waals surface area contributed by atoms with Gasteiger partial charge in [-0.05, 0) is 45.4 Å². The molecule has 0 saturated heterocycles. The first-order valence-corrected chi connectivity index (χ1v) is 6.57. The smallest absolute Gasteiger partial charge is 0.240 e. The molecule has 1 heterocycles. The highest BCUT2D eigenvalue weighted by atomic mass is 16.2. The van der Waals surface area contributed by atoms with Crippen molar-refractivity contribution < 1.29 is 4.79 Å². The summed E-state index contributed by atoms with van der Waals surface area (Å²) in [5.74, 6) is 0.0474. The van der Waals surface area contributed by atoms with E-state index in [1.807, 2.05) is 43.8 Å². The minimum atomic E-state index is -0.171. The van der Waals surface area contributed by atoms with Crippen molar-refractivity contribution in [3.63, 3.8) is 0 Å². The Labute approximate surface area is 110 Å². The molecule has 18 heavy (non-hydrogen) atoms. The molecule has 4 nitrogen and oxygen atoms in total. The average molecular weight is 251 g/mol. The van der Waals surface area contributed by atoms with Crippen LogP contribution in [-0.4, -0.2) is 22.6 Å². The Hall–Kier alpha value is -1.29. The van der Waals surface area contributed by atoms with Gasteiger partial charge in [0.2, 0.25) is 5.91 Å². The molecule has 0 radical (unpaired) electrons. The van der Waals surface area contributed by atoms with Crippen molar-refractivity contribution in [2.45, 2.75) is 52.7 Å². The molecule has 4 heteroatoms. The minimum absolute atomic E-state index is 0.0474. The number of amides is 1. The molecule has 0 saturated carbocycles. The highest BCUT2D eigenvalue weighted by Gasteiger charge is 2.13. The third-order valence-electron chi connectivity index (χ3n) is 2.41. The van der Waals surface area contributed by atoms with Crippen LogP contribution in [0.25, 0.3) is 0 Å². The van der Waals surface area contributed by atoms with Gasteiger partial charge in [0.1, 0.15) is 6.54 Å². The second-order valence-electron chi connectivity index (χ2n) is 5.67. The van der Waals surface area contributed by atoms with E-state index in [9.17, 15) is 4.79 Å². The Balaban J connectivity index is 2.41. The molecular formula is C14H25N3O. The van der Waals surface area contributed by atoms with E-state index in [1.165, 1.54) is 5.56 Å². The molecule has 0 aliphatic rings. The highest BCUT2D eigenvalue weighted by Crippen LogP contribution is 2.03. The van der Waals surface area contributed by atoms with E-state index in [4.69, 9.17) is 0 Å². The Kier molecular flexibility index (Phi) is 5.41. The van der Waals surface area contributed by atoms with Gasteiger partial charge in [-0.25, -0.2) is 0 Å². The average Bonchev–Trinajstić information content (AvgIpc) is 2.63. The SMILES string of the molecule is CCCNCc1ccn(CC(=O)NC(C)(C)C)c1. The summed E-state index contributed by atoms with van der Waals surface area (Å²) in [5, 5.41) is 6.30. The van der Waals surface area contributed by atoms with Crippen LogP contribution in [-0.2, 0) is 17.9 Å². The zero-order valence-electron chi connectivity index (χ0n) is 11.9. The van der Waals surface area contributed by atoms with Crippen molar-refractivity contribution in [3.05, 3.63) is 24.0 Å². The first kappa shape index (κ1) is 14.8. The lowest BCUT2D eigenvalue weighted by atomic mass is 10.1. The van der Waals surface area contributed by atoms with E-state index in [2.05, 4.69) is 17.6 Å². The van der Waals surface area contributed by atoms with Gasteiger partial charge in [0.25, 0.3) is 0 Å². The molecular weight excluding hydrogens is 226 g/mol. The predicted molar refractivity (Wildman–Crippen MR) is 74.3 cm³/mol. The maximum Gasteiger partial charge on any atom is 0.240 e. The van der Waals surface area contributed by atoms with Gasteiger partial charge in [0.05, 0.1) is 0 Å². The second-order valence-corrected chi connectivity index (χ2v) is 5.67. The fourth-order valence-corrected chi connectivity index (χ4v) is 1.73. The third-order valence-corrected chi connectivity index (χ3v) is 2.41. The van der Waals surface area contributed by atoms with Crippen molar-refractivity contribution in [1.29, 1.82) is 0 Å². The standard InChI is InChI=1S/C14H25N3O/c1-5-7-15-9-12-6-8-17(10-12)11-13(18)16-14(2,3)4/h6,8,10,15H,5,7,9,11H2,1-4H3,(H,16,18).